The number of carbonyl (C=O) groups is 1. The smallest absolute Gasteiger partial charge is 0.344 e. The summed E-state index contributed by atoms with van der Waals surface area (Å²) in [5.41, 5.74) is 0.748. The molecule has 94 valence electrons. The number of hydrogen-bond donors (Lipinski definition) is 0. The Hall–Kier alpha value is -2.10. The maximum absolute atomic E-state index is 11.4. The minimum atomic E-state index is -0.377. The Bertz CT molecular complexity index is 546. The summed E-state index contributed by atoms with van der Waals surface area (Å²) in [5, 5.41) is 0.979. The maximum Gasteiger partial charge on any atom is 0.344 e. The van der Waals surface area contributed by atoms with Crippen LogP contribution < -0.4 is 4.74 Å². The largest absolute Gasteiger partial charge is 0.480 e. The molecular weight excluding hydrogens is 230 g/mol. The monoisotopic (exact) mass is 245 g/mol. The Balaban J connectivity index is 2.10. The van der Waals surface area contributed by atoms with Gasteiger partial charge in [0.25, 0.3) is 0 Å². The van der Waals surface area contributed by atoms with E-state index in [9.17, 15) is 4.79 Å². The molecular formula is C14H15NO3. The molecule has 0 fully saturated rings. The molecule has 18 heavy (non-hydrogen) atoms. The number of para-hydroxylation sites is 1. The van der Waals surface area contributed by atoms with Crippen LogP contribution in [0.15, 0.2) is 36.5 Å². The van der Waals surface area contributed by atoms with E-state index in [-0.39, 0.29) is 18.7 Å². The molecule has 0 spiro atoms. The standard InChI is InChI=1S/C14H15NO3/c1-10(2)18-13(16)9-17-12-7-3-5-11-6-4-8-15-14(11)12/h3-8,10H,9H2,1-2H3. The highest BCUT2D eigenvalue weighted by atomic mass is 16.6. The summed E-state index contributed by atoms with van der Waals surface area (Å²) >= 11 is 0. The van der Waals surface area contributed by atoms with Crippen molar-refractivity contribution in [3.05, 3.63) is 36.5 Å². The number of ether oxygens (including phenoxy) is 2. The van der Waals surface area contributed by atoms with Crippen LogP contribution in [-0.2, 0) is 9.53 Å². The van der Waals surface area contributed by atoms with Crippen LogP contribution >= 0.6 is 0 Å². The zero-order valence-corrected chi connectivity index (χ0v) is 10.4. The van der Waals surface area contributed by atoms with Crippen molar-refractivity contribution in [1.29, 1.82) is 0 Å². The van der Waals surface area contributed by atoms with Crippen molar-refractivity contribution >= 4 is 16.9 Å². The van der Waals surface area contributed by atoms with Crippen molar-refractivity contribution in [3.63, 3.8) is 0 Å². The zero-order chi connectivity index (χ0) is 13.0. The van der Waals surface area contributed by atoms with Crippen LogP contribution in [0.1, 0.15) is 13.8 Å². The third-order valence-corrected chi connectivity index (χ3v) is 2.31. The Morgan fingerprint density at radius 3 is 2.83 bits per heavy atom. The lowest BCUT2D eigenvalue weighted by molar-refractivity contribution is -0.149. The van der Waals surface area contributed by atoms with Crippen molar-refractivity contribution in [3.8, 4) is 5.75 Å². The quantitative estimate of drug-likeness (QED) is 0.777. The second-order valence-corrected chi connectivity index (χ2v) is 4.16. The van der Waals surface area contributed by atoms with Crippen LogP contribution in [0.5, 0.6) is 5.75 Å². The molecule has 0 saturated heterocycles. The summed E-state index contributed by atoms with van der Waals surface area (Å²) in [6.45, 7) is 3.50. The van der Waals surface area contributed by atoms with Crippen molar-refractivity contribution in [1.82, 2.24) is 4.98 Å². The number of hydrogen-bond acceptors (Lipinski definition) is 4. The molecule has 0 bridgehead atoms. The lowest BCUT2D eigenvalue weighted by Gasteiger charge is -2.10. The van der Waals surface area contributed by atoms with Gasteiger partial charge in [-0.25, -0.2) is 4.79 Å². The Morgan fingerprint density at radius 1 is 1.28 bits per heavy atom. The van der Waals surface area contributed by atoms with E-state index in [1.165, 1.54) is 0 Å². The molecule has 1 aromatic carbocycles. The molecule has 0 aliphatic heterocycles. The van der Waals surface area contributed by atoms with Crippen molar-refractivity contribution in [2.75, 3.05) is 6.61 Å². The summed E-state index contributed by atoms with van der Waals surface area (Å²) in [6.07, 6.45) is 1.56. The molecule has 0 unspecified atom stereocenters. The first-order chi connectivity index (χ1) is 8.66. The average Bonchev–Trinajstić information content (AvgIpc) is 2.35. The van der Waals surface area contributed by atoms with Gasteiger partial charge in [-0.1, -0.05) is 18.2 Å². The Labute approximate surface area is 106 Å². The third-order valence-electron chi connectivity index (χ3n) is 2.31. The molecule has 2 rings (SSSR count). The molecule has 0 N–H and O–H groups in total. The predicted octanol–water partition coefficient (Wildman–Crippen LogP) is 2.57. The topological polar surface area (TPSA) is 48.4 Å². The number of carbonyl (C=O) groups excluding carboxylic acids is 1. The maximum atomic E-state index is 11.4. The van der Waals surface area contributed by atoms with Gasteiger partial charge in [0.2, 0.25) is 0 Å². The summed E-state index contributed by atoms with van der Waals surface area (Å²) in [5.74, 6) is 0.215. The van der Waals surface area contributed by atoms with Gasteiger partial charge in [0.05, 0.1) is 6.10 Å². The van der Waals surface area contributed by atoms with E-state index in [0.717, 1.165) is 10.9 Å². The molecule has 0 amide bonds. The second kappa shape index (κ2) is 5.49. The van der Waals surface area contributed by atoms with Gasteiger partial charge in [-0.05, 0) is 26.0 Å². The van der Waals surface area contributed by atoms with E-state index >= 15 is 0 Å². The lowest BCUT2D eigenvalue weighted by atomic mass is 10.2. The number of fused-ring (bicyclic) bond motifs is 1. The van der Waals surface area contributed by atoms with Crippen LogP contribution in [0.2, 0.25) is 0 Å². The molecule has 4 nitrogen and oxygen atoms in total. The SMILES string of the molecule is CC(C)OC(=O)COc1cccc2cccnc12. The summed E-state index contributed by atoms with van der Waals surface area (Å²) in [4.78, 5) is 15.6. The van der Waals surface area contributed by atoms with Crippen LogP contribution in [0.3, 0.4) is 0 Å². The van der Waals surface area contributed by atoms with Crippen LogP contribution in [-0.4, -0.2) is 23.7 Å². The van der Waals surface area contributed by atoms with Gasteiger partial charge in [-0.3, -0.25) is 4.98 Å². The van der Waals surface area contributed by atoms with Crippen LogP contribution in [0.25, 0.3) is 10.9 Å². The van der Waals surface area contributed by atoms with Crippen molar-refractivity contribution in [2.24, 2.45) is 0 Å². The molecule has 1 aromatic heterocycles. The number of pyridine rings is 1. The van der Waals surface area contributed by atoms with E-state index in [1.807, 2.05) is 24.3 Å². The highest BCUT2D eigenvalue weighted by Gasteiger charge is 2.08. The van der Waals surface area contributed by atoms with Gasteiger partial charge < -0.3 is 9.47 Å². The summed E-state index contributed by atoms with van der Waals surface area (Å²) < 4.78 is 10.4. The molecule has 2 aromatic rings. The molecule has 0 radical (unpaired) electrons. The van der Waals surface area contributed by atoms with Crippen LogP contribution in [0, 0.1) is 0 Å². The first kappa shape index (κ1) is 12.4. The summed E-state index contributed by atoms with van der Waals surface area (Å²) in [7, 11) is 0. The minimum Gasteiger partial charge on any atom is -0.480 e. The molecule has 1 heterocycles. The molecule has 4 heteroatoms. The fourth-order valence-corrected chi connectivity index (χ4v) is 1.63. The first-order valence-corrected chi connectivity index (χ1v) is 5.83. The second-order valence-electron chi connectivity index (χ2n) is 4.16. The van der Waals surface area contributed by atoms with Crippen LogP contribution in [0.4, 0.5) is 0 Å². The van der Waals surface area contributed by atoms with Gasteiger partial charge in [0, 0.05) is 11.6 Å². The first-order valence-electron chi connectivity index (χ1n) is 5.83. The number of esters is 1. The predicted molar refractivity (Wildman–Crippen MR) is 68.5 cm³/mol. The van der Waals surface area contributed by atoms with E-state index in [0.29, 0.717) is 5.75 Å². The number of aromatic nitrogens is 1. The molecule has 0 atom stereocenters. The fourth-order valence-electron chi connectivity index (χ4n) is 1.63. The van der Waals surface area contributed by atoms with Crippen molar-refractivity contribution in [2.45, 2.75) is 20.0 Å². The van der Waals surface area contributed by atoms with E-state index < -0.39 is 0 Å². The highest BCUT2D eigenvalue weighted by molar-refractivity contribution is 5.84. The van der Waals surface area contributed by atoms with E-state index in [1.54, 1.807) is 26.1 Å². The Morgan fingerprint density at radius 2 is 2.06 bits per heavy atom. The molecule has 0 saturated carbocycles. The normalized spacial score (nSPS) is 10.6. The number of benzene rings is 1. The van der Waals surface area contributed by atoms with Gasteiger partial charge in [-0.15, -0.1) is 0 Å². The lowest BCUT2D eigenvalue weighted by Crippen LogP contribution is -2.18. The fraction of sp³-hybridized carbons (Fsp3) is 0.286. The van der Waals surface area contributed by atoms with Gasteiger partial charge >= 0.3 is 5.97 Å². The number of rotatable bonds is 4. The van der Waals surface area contributed by atoms with Gasteiger partial charge in [0.1, 0.15) is 11.3 Å². The van der Waals surface area contributed by atoms with Crippen molar-refractivity contribution < 1.29 is 14.3 Å². The average molecular weight is 245 g/mol. The molecule has 0 aliphatic rings. The van der Waals surface area contributed by atoms with Gasteiger partial charge in [-0.2, -0.15) is 0 Å². The number of nitrogens with zero attached hydrogens (tertiary/aromatic N) is 1. The Kier molecular flexibility index (Phi) is 3.77. The van der Waals surface area contributed by atoms with E-state index in [4.69, 9.17) is 9.47 Å². The zero-order valence-electron chi connectivity index (χ0n) is 10.4. The molecule has 0 aliphatic carbocycles. The third kappa shape index (κ3) is 2.97. The minimum absolute atomic E-state index is 0.103. The summed E-state index contributed by atoms with van der Waals surface area (Å²) in [6, 6.07) is 9.41. The highest BCUT2D eigenvalue weighted by Crippen LogP contribution is 2.22. The van der Waals surface area contributed by atoms with Gasteiger partial charge in [0.15, 0.2) is 6.61 Å². The van der Waals surface area contributed by atoms with E-state index in [2.05, 4.69) is 4.98 Å².